The van der Waals surface area contributed by atoms with Crippen LogP contribution in [-0.4, -0.2) is 0 Å². The topological polar surface area (TPSA) is 26.0 Å². The molecule has 0 bridgehead atoms. The SMILES string of the molecule is Cc1ccc(Br)c(C(N)c2c(F)ccc(C)c2F)c1. The molecule has 100 valence electrons. The van der Waals surface area contributed by atoms with Gasteiger partial charge in [0.15, 0.2) is 0 Å². The average Bonchev–Trinajstić information content (AvgIpc) is 2.37. The molecule has 0 aliphatic heterocycles. The fourth-order valence-electron chi connectivity index (χ4n) is 2.02. The van der Waals surface area contributed by atoms with Crippen LogP contribution in [0, 0.1) is 25.5 Å². The van der Waals surface area contributed by atoms with Gasteiger partial charge in [-0.3, -0.25) is 0 Å². The van der Waals surface area contributed by atoms with Gasteiger partial charge in [0, 0.05) is 10.0 Å². The summed E-state index contributed by atoms with van der Waals surface area (Å²) in [7, 11) is 0. The van der Waals surface area contributed by atoms with Gasteiger partial charge >= 0.3 is 0 Å². The first kappa shape index (κ1) is 14.2. The summed E-state index contributed by atoms with van der Waals surface area (Å²) in [5, 5.41) is 0. The highest BCUT2D eigenvalue weighted by atomic mass is 79.9. The van der Waals surface area contributed by atoms with Crippen molar-refractivity contribution in [1.29, 1.82) is 0 Å². The molecule has 0 heterocycles. The summed E-state index contributed by atoms with van der Waals surface area (Å²) < 4.78 is 28.7. The molecular weight excluding hydrogens is 312 g/mol. The van der Waals surface area contributed by atoms with Crippen molar-refractivity contribution < 1.29 is 8.78 Å². The maximum absolute atomic E-state index is 14.1. The Morgan fingerprint density at radius 1 is 1.11 bits per heavy atom. The van der Waals surface area contributed by atoms with Crippen molar-refractivity contribution in [3.63, 3.8) is 0 Å². The third kappa shape index (κ3) is 2.69. The molecule has 19 heavy (non-hydrogen) atoms. The van der Waals surface area contributed by atoms with E-state index in [2.05, 4.69) is 15.9 Å². The molecule has 0 saturated carbocycles. The maximum atomic E-state index is 14.1. The minimum atomic E-state index is -0.839. The van der Waals surface area contributed by atoms with Crippen LogP contribution in [0.1, 0.15) is 28.3 Å². The van der Waals surface area contributed by atoms with Crippen molar-refractivity contribution in [2.75, 3.05) is 0 Å². The van der Waals surface area contributed by atoms with Gasteiger partial charge in [-0.1, -0.05) is 39.7 Å². The third-order valence-corrected chi connectivity index (χ3v) is 3.84. The summed E-state index contributed by atoms with van der Waals surface area (Å²) in [6.45, 7) is 3.50. The summed E-state index contributed by atoms with van der Waals surface area (Å²) in [6, 6.07) is 7.38. The smallest absolute Gasteiger partial charge is 0.134 e. The molecule has 0 radical (unpaired) electrons. The van der Waals surface area contributed by atoms with E-state index < -0.39 is 17.7 Å². The van der Waals surface area contributed by atoms with E-state index in [4.69, 9.17) is 5.73 Å². The molecule has 0 spiro atoms. The summed E-state index contributed by atoms with van der Waals surface area (Å²) in [6.07, 6.45) is 0. The Bertz CT molecular complexity index is 626. The van der Waals surface area contributed by atoms with Crippen molar-refractivity contribution in [3.05, 3.63) is 68.7 Å². The Balaban J connectivity index is 2.59. The van der Waals surface area contributed by atoms with Crippen LogP contribution in [0.15, 0.2) is 34.8 Å². The molecule has 2 aromatic rings. The molecule has 0 aliphatic rings. The number of benzene rings is 2. The molecule has 0 amide bonds. The second-order valence-corrected chi connectivity index (χ2v) is 5.45. The van der Waals surface area contributed by atoms with Crippen molar-refractivity contribution in [3.8, 4) is 0 Å². The average molecular weight is 326 g/mol. The van der Waals surface area contributed by atoms with Gasteiger partial charge in [-0.25, -0.2) is 8.78 Å². The molecule has 0 saturated heterocycles. The van der Waals surface area contributed by atoms with E-state index in [0.717, 1.165) is 10.0 Å². The van der Waals surface area contributed by atoms with Gasteiger partial charge < -0.3 is 5.73 Å². The number of hydrogen-bond acceptors (Lipinski definition) is 1. The lowest BCUT2D eigenvalue weighted by atomic mass is 9.96. The van der Waals surface area contributed by atoms with E-state index in [-0.39, 0.29) is 5.56 Å². The zero-order valence-electron chi connectivity index (χ0n) is 10.7. The van der Waals surface area contributed by atoms with Gasteiger partial charge in [-0.05, 0) is 37.1 Å². The lowest BCUT2D eigenvalue weighted by molar-refractivity contribution is 0.538. The van der Waals surface area contributed by atoms with Gasteiger partial charge in [0.25, 0.3) is 0 Å². The van der Waals surface area contributed by atoms with Crippen LogP contribution in [0.4, 0.5) is 8.78 Å². The molecule has 1 atom stereocenters. The van der Waals surface area contributed by atoms with E-state index in [1.54, 1.807) is 6.92 Å². The first-order valence-corrected chi connectivity index (χ1v) is 6.67. The van der Waals surface area contributed by atoms with Crippen LogP contribution in [0.3, 0.4) is 0 Å². The highest BCUT2D eigenvalue weighted by molar-refractivity contribution is 9.10. The molecule has 2 aromatic carbocycles. The fraction of sp³-hybridized carbons (Fsp3) is 0.200. The second kappa shape index (κ2) is 5.39. The van der Waals surface area contributed by atoms with Crippen molar-refractivity contribution >= 4 is 15.9 Å². The van der Waals surface area contributed by atoms with Gasteiger partial charge in [0.2, 0.25) is 0 Å². The van der Waals surface area contributed by atoms with E-state index >= 15 is 0 Å². The van der Waals surface area contributed by atoms with Crippen LogP contribution in [0.5, 0.6) is 0 Å². The first-order chi connectivity index (χ1) is 8.91. The Labute approximate surface area is 119 Å². The van der Waals surface area contributed by atoms with Crippen LogP contribution in [-0.2, 0) is 0 Å². The third-order valence-electron chi connectivity index (χ3n) is 3.12. The van der Waals surface area contributed by atoms with E-state index in [1.165, 1.54) is 12.1 Å². The molecule has 1 unspecified atom stereocenters. The molecular formula is C15H14BrF2N. The minimum absolute atomic E-state index is 0.0914. The Hall–Kier alpha value is -1.26. The predicted octanol–water partition coefficient (Wildman–Crippen LogP) is 4.39. The molecule has 1 nitrogen and oxygen atoms in total. The summed E-state index contributed by atoms with van der Waals surface area (Å²) in [5.74, 6) is -1.20. The highest BCUT2D eigenvalue weighted by Gasteiger charge is 2.21. The number of rotatable bonds is 2. The number of halogens is 3. The van der Waals surface area contributed by atoms with E-state index in [0.29, 0.717) is 11.1 Å². The first-order valence-electron chi connectivity index (χ1n) is 5.88. The Kier molecular flexibility index (Phi) is 4.02. The quantitative estimate of drug-likeness (QED) is 0.870. The molecule has 2 N–H and O–H groups in total. The van der Waals surface area contributed by atoms with Gasteiger partial charge in [-0.2, -0.15) is 0 Å². The molecule has 0 aliphatic carbocycles. The van der Waals surface area contributed by atoms with Crippen LogP contribution in [0.25, 0.3) is 0 Å². The van der Waals surface area contributed by atoms with Gasteiger partial charge in [0.1, 0.15) is 11.6 Å². The Morgan fingerprint density at radius 2 is 1.79 bits per heavy atom. The van der Waals surface area contributed by atoms with Crippen molar-refractivity contribution in [2.45, 2.75) is 19.9 Å². The zero-order chi connectivity index (χ0) is 14.2. The fourth-order valence-corrected chi connectivity index (χ4v) is 2.51. The van der Waals surface area contributed by atoms with Crippen LogP contribution in [0.2, 0.25) is 0 Å². The highest BCUT2D eigenvalue weighted by Crippen LogP contribution is 2.31. The molecule has 4 heteroatoms. The zero-order valence-corrected chi connectivity index (χ0v) is 12.3. The minimum Gasteiger partial charge on any atom is -0.320 e. The maximum Gasteiger partial charge on any atom is 0.134 e. The lowest BCUT2D eigenvalue weighted by Gasteiger charge is -2.17. The predicted molar refractivity (Wildman–Crippen MR) is 76.0 cm³/mol. The van der Waals surface area contributed by atoms with Crippen LogP contribution < -0.4 is 5.73 Å². The summed E-state index contributed by atoms with van der Waals surface area (Å²) >= 11 is 3.37. The van der Waals surface area contributed by atoms with Crippen molar-refractivity contribution in [2.24, 2.45) is 5.73 Å². The van der Waals surface area contributed by atoms with E-state index in [1.807, 2.05) is 25.1 Å². The van der Waals surface area contributed by atoms with Crippen LogP contribution >= 0.6 is 15.9 Å². The molecule has 0 aromatic heterocycles. The summed E-state index contributed by atoms with van der Waals surface area (Å²) in [5.41, 5.74) is 8.00. The normalized spacial score (nSPS) is 12.5. The molecule has 0 fully saturated rings. The lowest BCUT2D eigenvalue weighted by Crippen LogP contribution is -2.17. The van der Waals surface area contributed by atoms with Crippen molar-refractivity contribution in [1.82, 2.24) is 0 Å². The van der Waals surface area contributed by atoms with E-state index in [9.17, 15) is 8.78 Å². The second-order valence-electron chi connectivity index (χ2n) is 4.59. The monoisotopic (exact) mass is 325 g/mol. The van der Waals surface area contributed by atoms with Gasteiger partial charge in [0.05, 0.1) is 6.04 Å². The Morgan fingerprint density at radius 3 is 2.47 bits per heavy atom. The molecule has 2 rings (SSSR count). The number of nitrogens with two attached hydrogens (primary N) is 1. The largest absolute Gasteiger partial charge is 0.320 e. The standard InChI is InChI=1S/C15H14BrF2N/c1-8-3-5-11(16)10(7-8)15(19)13-12(17)6-4-9(2)14(13)18/h3-7,15H,19H2,1-2H3. The van der Waals surface area contributed by atoms with Gasteiger partial charge in [-0.15, -0.1) is 0 Å². The summed E-state index contributed by atoms with van der Waals surface area (Å²) in [4.78, 5) is 0. The number of aryl methyl sites for hydroxylation is 2. The number of hydrogen-bond donors (Lipinski definition) is 1.